The Morgan fingerprint density at radius 1 is 1.13 bits per heavy atom. The number of hydrogen-bond donors (Lipinski definition) is 1. The number of ether oxygens (including phenoxy) is 3. The molecular formula is C29H34N6O4. The Kier molecular flexibility index (Phi) is 7.30. The molecule has 6 rings (SSSR count). The van der Waals surface area contributed by atoms with Crippen LogP contribution in [0.2, 0.25) is 0 Å². The number of benzene rings is 2. The van der Waals surface area contributed by atoms with Gasteiger partial charge in [-0.1, -0.05) is 44.2 Å². The Morgan fingerprint density at radius 3 is 2.72 bits per heavy atom. The fourth-order valence-corrected chi connectivity index (χ4v) is 5.63. The standard InChI is InChI=1S/C29H34N6O4/c1-19(2)27(28-31-32-33-35(28)17-23-9-6-12-37-23)34(11-10-20-7-4-3-5-8-20)16-22-13-21-14-25-26(39-18-38-25)15-24(21)30-29(22)36/h3-5,7-8,13-15,19,23,27H,6,9-12,16-18H2,1-2H3,(H,30,36)/t23-,27-/m0/s1. The van der Waals surface area contributed by atoms with Gasteiger partial charge in [-0.25, -0.2) is 4.68 Å². The van der Waals surface area contributed by atoms with Crippen molar-refractivity contribution in [2.45, 2.75) is 58.3 Å². The fourth-order valence-electron chi connectivity index (χ4n) is 5.63. The summed E-state index contributed by atoms with van der Waals surface area (Å²) in [6.07, 6.45) is 3.02. The predicted molar refractivity (Wildman–Crippen MR) is 146 cm³/mol. The highest BCUT2D eigenvalue weighted by atomic mass is 16.7. The Morgan fingerprint density at radius 2 is 1.95 bits per heavy atom. The van der Waals surface area contributed by atoms with E-state index in [1.165, 1.54) is 5.56 Å². The number of hydrogen-bond acceptors (Lipinski definition) is 8. The van der Waals surface area contributed by atoms with Gasteiger partial charge >= 0.3 is 0 Å². The molecule has 4 heterocycles. The van der Waals surface area contributed by atoms with Gasteiger partial charge in [0.2, 0.25) is 6.79 Å². The summed E-state index contributed by atoms with van der Waals surface area (Å²) in [4.78, 5) is 18.7. The van der Waals surface area contributed by atoms with Crippen molar-refractivity contribution in [3.8, 4) is 11.5 Å². The normalized spacial score (nSPS) is 17.5. The number of H-pyrrole nitrogens is 1. The second kappa shape index (κ2) is 11.2. The average Bonchev–Trinajstić information content (AvgIpc) is 3.70. The summed E-state index contributed by atoms with van der Waals surface area (Å²) in [6.45, 7) is 7.13. The van der Waals surface area contributed by atoms with Gasteiger partial charge in [0.1, 0.15) is 0 Å². The second-order valence-corrected chi connectivity index (χ2v) is 10.7. The summed E-state index contributed by atoms with van der Waals surface area (Å²) in [5.41, 5.74) is 2.53. The molecular weight excluding hydrogens is 496 g/mol. The molecule has 0 unspecified atom stereocenters. The monoisotopic (exact) mass is 530 g/mol. The van der Waals surface area contributed by atoms with Crippen LogP contribution in [0.1, 0.15) is 49.7 Å². The van der Waals surface area contributed by atoms with E-state index in [-0.39, 0.29) is 30.4 Å². The lowest BCUT2D eigenvalue weighted by atomic mass is 9.99. The van der Waals surface area contributed by atoms with Gasteiger partial charge < -0.3 is 19.2 Å². The summed E-state index contributed by atoms with van der Waals surface area (Å²) in [7, 11) is 0. The van der Waals surface area contributed by atoms with Crippen LogP contribution in [0.5, 0.6) is 11.5 Å². The van der Waals surface area contributed by atoms with Crippen LogP contribution in [0.4, 0.5) is 0 Å². The molecule has 0 saturated carbocycles. The number of aromatic nitrogens is 5. The van der Waals surface area contributed by atoms with E-state index in [4.69, 9.17) is 14.2 Å². The molecule has 10 heteroatoms. The molecule has 1 N–H and O–H groups in total. The highest BCUT2D eigenvalue weighted by molar-refractivity contribution is 5.83. The first-order chi connectivity index (χ1) is 19.0. The smallest absolute Gasteiger partial charge is 0.252 e. The summed E-state index contributed by atoms with van der Waals surface area (Å²) < 4.78 is 18.8. The van der Waals surface area contributed by atoms with Crippen LogP contribution in [0.15, 0.2) is 53.3 Å². The van der Waals surface area contributed by atoms with Crippen LogP contribution in [0.25, 0.3) is 10.9 Å². The molecule has 204 valence electrons. The molecule has 2 aromatic carbocycles. The number of nitrogens with zero attached hydrogens (tertiary/aromatic N) is 5. The molecule has 1 fully saturated rings. The number of tetrazole rings is 1. The van der Waals surface area contributed by atoms with E-state index in [0.29, 0.717) is 30.2 Å². The zero-order valence-corrected chi connectivity index (χ0v) is 22.4. The maximum atomic E-state index is 13.3. The molecule has 0 spiro atoms. The Hall–Kier alpha value is -3.76. The number of aromatic amines is 1. The molecule has 0 amide bonds. The maximum absolute atomic E-state index is 13.3. The fraction of sp³-hybridized carbons (Fsp3) is 0.448. The first kappa shape index (κ1) is 25.5. The van der Waals surface area contributed by atoms with Gasteiger partial charge in [0.25, 0.3) is 5.56 Å². The molecule has 0 aliphatic carbocycles. The minimum atomic E-state index is -0.118. The lowest BCUT2D eigenvalue weighted by Crippen LogP contribution is -2.37. The van der Waals surface area contributed by atoms with Gasteiger partial charge in [0.05, 0.1) is 24.2 Å². The van der Waals surface area contributed by atoms with Crippen molar-refractivity contribution < 1.29 is 14.2 Å². The third-order valence-electron chi connectivity index (χ3n) is 7.57. The van der Waals surface area contributed by atoms with Gasteiger partial charge in [0, 0.05) is 36.7 Å². The molecule has 0 bridgehead atoms. The van der Waals surface area contributed by atoms with Crippen molar-refractivity contribution in [3.63, 3.8) is 0 Å². The van der Waals surface area contributed by atoms with Crippen molar-refractivity contribution in [2.75, 3.05) is 19.9 Å². The van der Waals surface area contributed by atoms with Crippen LogP contribution >= 0.6 is 0 Å². The highest BCUT2D eigenvalue weighted by Gasteiger charge is 2.31. The largest absolute Gasteiger partial charge is 0.454 e. The molecule has 2 aliphatic rings. The van der Waals surface area contributed by atoms with Crippen molar-refractivity contribution in [1.82, 2.24) is 30.1 Å². The molecule has 2 aromatic heterocycles. The van der Waals surface area contributed by atoms with E-state index < -0.39 is 0 Å². The average molecular weight is 531 g/mol. The SMILES string of the molecule is CC(C)[C@@H](c1nnnn1C[C@@H]1CCCO1)N(CCc1ccccc1)Cc1cc2cc3c(cc2[nH]c1=O)OCO3. The highest BCUT2D eigenvalue weighted by Crippen LogP contribution is 2.35. The molecule has 1 saturated heterocycles. The molecule has 2 aliphatic heterocycles. The zero-order valence-electron chi connectivity index (χ0n) is 22.4. The van der Waals surface area contributed by atoms with Crippen LogP contribution in [-0.4, -0.2) is 56.1 Å². The Bertz CT molecular complexity index is 1480. The summed E-state index contributed by atoms with van der Waals surface area (Å²) in [5, 5.41) is 13.8. The lowest BCUT2D eigenvalue weighted by Gasteiger charge is -2.33. The van der Waals surface area contributed by atoms with Crippen molar-refractivity contribution in [3.05, 3.63) is 75.8 Å². The zero-order chi connectivity index (χ0) is 26.8. The van der Waals surface area contributed by atoms with E-state index >= 15 is 0 Å². The minimum absolute atomic E-state index is 0.100. The molecule has 10 nitrogen and oxygen atoms in total. The predicted octanol–water partition coefficient (Wildman–Crippen LogP) is 3.86. The number of fused-ring (bicyclic) bond motifs is 2. The second-order valence-electron chi connectivity index (χ2n) is 10.7. The van der Waals surface area contributed by atoms with E-state index in [9.17, 15) is 4.79 Å². The third kappa shape index (κ3) is 5.53. The van der Waals surface area contributed by atoms with Crippen molar-refractivity contribution in [2.24, 2.45) is 5.92 Å². The number of nitrogens with one attached hydrogen (secondary N) is 1. The summed E-state index contributed by atoms with van der Waals surface area (Å²) in [6, 6.07) is 16.0. The molecule has 0 radical (unpaired) electrons. The van der Waals surface area contributed by atoms with Gasteiger partial charge in [-0.2, -0.15) is 0 Å². The van der Waals surface area contributed by atoms with Gasteiger partial charge in [-0.3, -0.25) is 9.69 Å². The van der Waals surface area contributed by atoms with Gasteiger partial charge in [-0.15, -0.1) is 5.10 Å². The van der Waals surface area contributed by atoms with E-state index in [0.717, 1.165) is 49.1 Å². The van der Waals surface area contributed by atoms with E-state index in [1.54, 1.807) is 0 Å². The summed E-state index contributed by atoms with van der Waals surface area (Å²) >= 11 is 0. The van der Waals surface area contributed by atoms with Crippen LogP contribution in [0.3, 0.4) is 0 Å². The minimum Gasteiger partial charge on any atom is -0.454 e. The first-order valence-corrected chi connectivity index (χ1v) is 13.7. The maximum Gasteiger partial charge on any atom is 0.252 e. The molecule has 2 atom stereocenters. The number of rotatable bonds is 10. The van der Waals surface area contributed by atoms with Crippen LogP contribution < -0.4 is 15.0 Å². The van der Waals surface area contributed by atoms with Crippen molar-refractivity contribution in [1.29, 1.82) is 0 Å². The molecule has 4 aromatic rings. The Labute approximate surface area is 226 Å². The first-order valence-electron chi connectivity index (χ1n) is 13.7. The Balaban J connectivity index is 1.34. The van der Waals surface area contributed by atoms with E-state index in [2.05, 4.69) is 63.5 Å². The van der Waals surface area contributed by atoms with Crippen molar-refractivity contribution >= 4 is 10.9 Å². The topological polar surface area (TPSA) is 107 Å². The van der Waals surface area contributed by atoms with E-state index in [1.807, 2.05) is 28.9 Å². The number of pyridine rings is 1. The van der Waals surface area contributed by atoms with Crippen LogP contribution in [-0.2, 0) is 24.2 Å². The third-order valence-corrected chi connectivity index (χ3v) is 7.57. The molecule has 39 heavy (non-hydrogen) atoms. The van der Waals surface area contributed by atoms with Crippen LogP contribution in [0, 0.1) is 5.92 Å². The quantitative estimate of drug-likeness (QED) is 0.329. The lowest BCUT2D eigenvalue weighted by molar-refractivity contribution is 0.0864. The summed E-state index contributed by atoms with van der Waals surface area (Å²) in [5.74, 6) is 2.33. The van der Waals surface area contributed by atoms with Gasteiger partial charge in [-0.05, 0) is 53.3 Å². The van der Waals surface area contributed by atoms with Gasteiger partial charge in [0.15, 0.2) is 17.3 Å².